The summed E-state index contributed by atoms with van der Waals surface area (Å²) in [5.41, 5.74) is 0. The van der Waals surface area contributed by atoms with E-state index in [0.717, 1.165) is 19.5 Å². The minimum atomic E-state index is 0.252. The largest absolute Gasteiger partial charge is 0.384 e. The van der Waals surface area contributed by atoms with Crippen molar-refractivity contribution in [3.8, 4) is 0 Å². The van der Waals surface area contributed by atoms with Crippen molar-refractivity contribution < 1.29 is 9.53 Å². The molecular weight excluding hydrogens is 190 g/mol. The summed E-state index contributed by atoms with van der Waals surface area (Å²) in [4.78, 5) is 13.8. The van der Waals surface area contributed by atoms with Gasteiger partial charge in [-0.2, -0.15) is 0 Å². The number of hydrogen-bond acceptors (Lipinski definition) is 2. The minimum absolute atomic E-state index is 0.252. The molecule has 15 heavy (non-hydrogen) atoms. The third-order valence-corrected chi connectivity index (χ3v) is 3.27. The Morgan fingerprint density at radius 2 is 2.27 bits per heavy atom. The molecule has 0 N–H and O–H groups in total. The van der Waals surface area contributed by atoms with Crippen LogP contribution in [0.15, 0.2) is 0 Å². The van der Waals surface area contributed by atoms with Crippen molar-refractivity contribution in [3.05, 3.63) is 0 Å². The Hall–Kier alpha value is -0.570. The molecule has 0 saturated carbocycles. The summed E-state index contributed by atoms with van der Waals surface area (Å²) in [6.07, 6.45) is 2.95. The van der Waals surface area contributed by atoms with Gasteiger partial charge in [0.1, 0.15) is 0 Å². The van der Waals surface area contributed by atoms with Gasteiger partial charge in [-0.25, -0.2) is 0 Å². The molecule has 0 aromatic rings. The molecule has 88 valence electrons. The van der Waals surface area contributed by atoms with Crippen LogP contribution in [0.4, 0.5) is 0 Å². The van der Waals surface area contributed by atoms with Crippen LogP contribution in [-0.2, 0) is 9.53 Å². The van der Waals surface area contributed by atoms with E-state index in [1.165, 1.54) is 6.42 Å². The molecular formula is C12H23NO2. The average Bonchev–Trinajstić information content (AvgIpc) is 2.26. The fourth-order valence-corrected chi connectivity index (χ4v) is 2.13. The van der Waals surface area contributed by atoms with Gasteiger partial charge >= 0.3 is 0 Å². The maximum absolute atomic E-state index is 11.8. The van der Waals surface area contributed by atoms with Crippen molar-refractivity contribution in [2.75, 3.05) is 26.8 Å². The van der Waals surface area contributed by atoms with E-state index in [4.69, 9.17) is 4.74 Å². The number of amides is 1. The van der Waals surface area contributed by atoms with E-state index in [1.807, 2.05) is 4.90 Å². The summed E-state index contributed by atoms with van der Waals surface area (Å²) in [5, 5.41) is 0. The number of hydrogen-bond donors (Lipinski definition) is 0. The van der Waals surface area contributed by atoms with E-state index in [-0.39, 0.29) is 5.91 Å². The number of carbonyl (C=O) groups excluding carboxylic acids is 1. The zero-order valence-corrected chi connectivity index (χ0v) is 10.2. The van der Waals surface area contributed by atoms with Gasteiger partial charge in [0.15, 0.2) is 0 Å². The molecule has 1 saturated heterocycles. The fraction of sp³-hybridized carbons (Fsp3) is 0.917. The lowest BCUT2D eigenvalue weighted by Crippen LogP contribution is -2.41. The number of nitrogens with zero attached hydrogens (tertiary/aromatic N) is 1. The normalized spacial score (nSPS) is 22.1. The van der Waals surface area contributed by atoms with E-state index in [9.17, 15) is 4.79 Å². The summed E-state index contributed by atoms with van der Waals surface area (Å²) in [6, 6.07) is 0. The highest BCUT2D eigenvalue weighted by Gasteiger charge is 2.24. The van der Waals surface area contributed by atoms with Gasteiger partial charge in [0.25, 0.3) is 0 Å². The SMILES string of the molecule is COCCC(=O)N1CCCC(C(C)C)C1. The molecule has 1 aliphatic heterocycles. The van der Waals surface area contributed by atoms with E-state index in [2.05, 4.69) is 13.8 Å². The minimum Gasteiger partial charge on any atom is -0.384 e. The monoisotopic (exact) mass is 213 g/mol. The van der Waals surface area contributed by atoms with E-state index >= 15 is 0 Å². The lowest BCUT2D eigenvalue weighted by Gasteiger charge is -2.34. The van der Waals surface area contributed by atoms with Crippen LogP contribution < -0.4 is 0 Å². The van der Waals surface area contributed by atoms with Crippen LogP contribution in [0.5, 0.6) is 0 Å². The van der Waals surface area contributed by atoms with Crippen molar-refractivity contribution >= 4 is 5.91 Å². The van der Waals surface area contributed by atoms with Gasteiger partial charge in [-0.05, 0) is 24.7 Å². The van der Waals surface area contributed by atoms with Crippen LogP contribution >= 0.6 is 0 Å². The molecule has 3 nitrogen and oxygen atoms in total. The van der Waals surface area contributed by atoms with Crippen molar-refractivity contribution in [2.45, 2.75) is 33.1 Å². The van der Waals surface area contributed by atoms with E-state index < -0.39 is 0 Å². The highest BCUT2D eigenvalue weighted by molar-refractivity contribution is 5.76. The van der Waals surface area contributed by atoms with Gasteiger partial charge < -0.3 is 9.64 Å². The maximum Gasteiger partial charge on any atom is 0.224 e. The van der Waals surface area contributed by atoms with Crippen LogP contribution in [0.2, 0.25) is 0 Å². The maximum atomic E-state index is 11.8. The van der Waals surface area contributed by atoms with Gasteiger partial charge in [-0.15, -0.1) is 0 Å². The zero-order valence-electron chi connectivity index (χ0n) is 10.2. The molecule has 0 bridgehead atoms. The van der Waals surface area contributed by atoms with E-state index in [1.54, 1.807) is 7.11 Å². The predicted molar refractivity (Wildman–Crippen MR) is 60.6 cm³/mol. The van der Waals surface area contributed by atoms with Crippen molar-refractivity contribution in [1.82, 2.24) is 4.90 Å². The Morgan fingerprint density at radius 3 is 2.87 bits per heavy atom. The molecule has 1 heterocycles. The fourth-order valence-electron chi connectivity index (χ4n) is 2.13. The number of piperidine rings is 1. The number of carbonyl (C=O) groups is 1. The van der Waals surface area contributed by atoms with Gasteiger partial charge in [-0.1, -0.05) is 13.8 Å². The highest BCUT2D eigenvalue weighted by atomic mass is 16.5. The standard InChI is InChI=1S/C12H23NO2/c1-10(2)11-5-4-7-13(9-11)12(14)6-8-15-3/h10-11H,4-9H2,1-3H3. The predicted octanol–water partition coefficient (Wildman–Crippen LogP) is 1.92. The smallest absolute Gasteiger partial charge is 0.224 e. The molecule has 1 amide bonds. The van der Waals surface area contributed by atoms with Crippen molar-refractivity contribution in [2.24, 2.45) is 11.8 Å². The summed E-state index contributed by atoms with van der Waals surface area (Å²) >= 11 is 0. The molecule has 1 atom stereocenters. The first-order valence-corrected chi connectivity index (χ1v) is 5.92. The topological polar surface area (TPSA) is 29.5 Å². The number of ether oxygens (including phenoxy) is 1. The van der Waals surface area contributed by atoms with Gasteiger partial charge in [0, 0.05) is 20.2 Å². The summed E-state index contributed by atoms with van der Waals surface area (Å²) < 4.78 is 4.93. The quantitative estimate of drug-likeness (QED) is 0.714. The number of methoxy groups -OCH3 is 1. The summed E-state index contributed by atoms with van der Waals surface area (Å²) in [7, 11) is 1.64. The molecule has 0 aromatic carbocycles. The van der Waals surface area contributed by atoms with Gasteiger partial charge in [-0.3, -0.25) is 4.79 Å². The lowest BCUT2D eigenvalue weighted by molar-refractivity contribution is -0.134. The average molecular weight is 213 g/mol. The molecule has 0 radical (unpaired) electrons. The Labute approximate surface area is 92.8 Å². The summed E-state index contributed by atoms with van der Waals surface area (Å²) in [6.45, 7) is 6.91. The van der Waals surface area contributed by atoms with Crippen LogP contribution in [0, 0.1) is 11.8 Å². The highest BCUT2D eigenvalue weighted by Crippen LogP contribution is 2.23. The second-order valence-electron chi connectivity index (χ2n) is 4.73. The third-order valence-electron chi connectivity index (χ3n) is 3.27. The zero-order chi connectivity index (χ0) is 11.3. The Morgan fingerprint density at radius 1 is 1.53 bits per heavy atom. The molecule has 0 aliphatic carbocycles. The molecule has 1 rings (SSSR count). The van der Waals surface area contributed by atoms with Crippen LogP contribution in [0.1, 0.15) is 33.1 Å². The van der Waals surface area contributed by atoms with Crippen LogP contribution in [0.3, 0.4) is 0 Å². The van der Waals surface area contributed by atoms with E-state index in [0.29, 0.717) is 24.9 Å². The molecule has 0 aromatic heterocycles. The Balaban J connectivity index is 2.38. The van der Waals surface area contributed by atoms with Gasteiger partial charge in [0.2, 0.25) is 5.91 Å². The summed E-state index contributed by atoms with van der Waals surface area (Å²) in [5.74, 6) is 1.62. The third kappa shape index (κ3) is 3.82. The molecule has 1 aliphatic rings. The molecule has 3 heteroatoms. The Bertz CT molecular complexity index is 204. The lowest BCUT2D eigenvalue weighted by atomic mass is 9.88. The molecule has 1 fully saturated rings. The first-order valence-electron chi connectivity index (χ1n) is 5.92. The second kappa shape index (κ2) is 6.11. The number of likely N-dealkylation sites (tertiary alicyclic amines) is 1. The molecule has 1 unspecified atom stereocenters. The second-order valence-corrected chi connectivity index (χ2v) is 4.73. The van der Waals surface area contributed by atoms with Crippen molar-refractivity contribution in [1.29, 1.82) is 0 Å². The van der Waals surface area contributed by atoms with Crippen molar-refractivity contribution in [3.63, 3.8) is 0 Å². The van der Waals surface area contributed by atoms with Crippen LogP contribution in [0.25, 0.3) is 0 Å². The molecule has 0 spiro atoms. The first-order chi connectivity index (χ1) is 7.15. The van der Waals surface area contributed by atoms with Gasteiger partial charge in [0.05, 0.1) is 13.0 Å². The number of rotatable bonds is 4. The van der Waals surface area contributed by atoms with Crippen LogP contribution in [-0.4, -0.2) is 37.6 Å². The first kappa shape index (κ1) is 12.5. The Kier molecular flexibility index (Phi) is 5.09.